The number of nitrogens with one attached hydrogen (secondary N) is 1. The number of carbonyl (C=O) groups is 1. The summed E-state index contributed by atoms with van der Waals surface area (Å²) >= 11 is 0. The van der Waals surface area contributed by atoms with Crippen molar-refractivity contribution in [3.8, 4) is 5.75 Å². The number of aliphatic hydroxyl groups excluding tert-OH is 1. The van der Waals surface area contributed by atoms with E-state index in [1.807, 2.05) is 13.8 Å². The summed E-state index contributed by atoms with van der Waals surface area (Å²) in [6, 6.07) is 4.91. The molecular weight excluding hydrogens is 232 g/mol. The second-order valence-electron chi connectivity index (χ2n) is 4.96. The van der Waals surface area contributed by atoms with Crippen LogP contribution in [0.25, 0.3) is 0 Å². The molecule has 5 heteroatoms. The summed E-state index contributed by atoms with van der Waals surface area (Å²) in [5.74, 6) is 0.358. The average molecular weight is 252 g/mol. The molecule has 0 fully saturated rings. The molecule has 5 nitrogen and oxygen atoms in total. The van der Waals surface area contributed by atoms with Crippen molar-refractivity contribution in [1.29, 1.82) is 0 Å². The van der Waals surface area contributed by atoms with Gasteiger partial charge in [-0.3, -0.25) is 4.79 Å². The highest BCUT2D eigenvalue weighted by Crippen LogP contribution is 2.20. The van der Waals surface area contributed by atoms with Crippen molar-refractivity contribution in [3.63, 3.8) is 0 Å². The number of carbonyl (C=O) groups excluding carboxylic acids is 1. The fourth-order valence-corrected chi connectivity index (χ4v) is 1.35. The third-order valence-electron chi connectivity index (χ3n) is 2.66. The molecule has 0 saturated carbocycles. The van der Waals surface area contributed by atoms with Crippen molar-refractivity contribution in [2.45, 2.75) is 13.8 Å². The van der Waals surface area contributed by atoms with E-state index in [1.165, 1.54) is 7.11 Å². The maximum absolute atomic E-state index is 11.9. The molecule has 0 aliphatic heterocycles. The molecule has 18 heavy (non-hydrogen) atoms. The Labute approximate surface area is 107 Å². The highest BCUT2D eigenvalue weighted by molar-refractivity contribution is 5.99. The lowest BCUT2D eigenvalue weighted by atomic mass is 9.95. The van der Waals surface area contributed by atoms with E-state index in [1.54, 1.807) is 18.2 Å². The SMILES string of the molecule is COc1ccc(C(=O)NCC(C)(C)CO)c(N)c1. The predicted molar refractivity (Wildman–Crippen MR) is 70.6 cm³/mol. The topological polar surface area (TPSA) is 84.6 Å². The average Bonchev–Trinajstić information content (AvgIpc) is 2.36. The number of methoxy groups -OCH3 is 1. The van der Waals surface area contributed by atoms with Crippen molar-refractivity contribution >= 4 is 11.6 Å². The number of ether oxygens (including phenoxy) is 1. The number of benzene rings is 1. The van der Waals surface area contributed by atoms with Gasteiger partial charge >= 0.3 is 0 Å². The monoisotopic (exact) mass is 252 g/mol. The summed E-state index contributed by atoms with van der Waals surface area (Å²) in [5.41, 5.74) is 6.21. The third kappa shape index (κ3) is 3.63. The maximum atomic E-state index is 11.9. The molecule has 0 radical (unpaired) electrons. The van der Waals surface area contributed by atoms with E-state index < -0.39 is 0 Å². The van der Waals surface area contributed by atoms with Crippen LogP contribution < -0.4 is 15.8 Å². The Morgan fingerprint density at radius 1 is 1.50 bits per heavy atom. The van der Waals surface area contributed by atoms with Gasteiger partial charge in [-0.15, -0.1) is 0 Å². The van der Waals surface area contributed by atoms with E-state index in [-0.39, 0.29) is 17.9 Å². The zero-order chi connectivity index (χ0) is 13.8. The van der Waals surface area contributed by atoms with Gasteiger partial charge in [0.1, 0.15) is 5.75 Å². The second kappa shape index (κ2) is 5.73. The fraction of sp³-hybridized carbons (Fsp3) is 0.462. The number of hydrogen-bond donors (Lipinski definition) is 3. The van der Waals surface area contributed by atoms with E-state index in [0.717, 1.165) is 0 Å². The van der Waals surface area contributed by atoms with Crippen LogP contribution in [0.4, 0.5) is 5.69 Å². The Morgan fingerprint density at radius 2 is 2.17 bits per heavy atom. The Balaban J connectivity index is 2.73. The van der Waals surface area contributed by atoms with Gasteiger partial charge in [0.25, 0.3) is 5.91 Å². The Bertz CT molecular complexity index is 430. The number of amides is 1. The molecule has 100 valence electrons. The molecule has 1 aromatic rings. The highest BCUT2D eigenvalue weighted by Gasteiger charge is 2.18. The molecule has 4 N–H and O–H groups in total. The van der Waals surface area contributed by atoms with Crippen molar-refractivity contribution < 1.29 is 14.6 Å². The van der Waals surface area contributed by atoms with Crippen molar-refractivity contribution in [2.24, 2.45) is 5.41 Å². The molecule has 0 atom stereocenters. The van der Waals surface area contributed by atoms with Crippen LogP contribution in [0.15, 0.2) is 18.2 Å². The molecule has 0 saturated heterocycles. The Morgan fingerprint density at radius 3 is 2.67 bits per heavy atom. The number of anilines is 1. The van der Waals surface area contributed by atoms with E-state index >= 15 is 0 Å². The number of nitrogens with two attached hydrogens (primary N) is 1. The van der Waals surface area contributed by atoms with Crippen LogP contribution >= 0.6 is 0 Å². The maximum Gasteiger partial charge on any atom is 0.253 e. The Kier molecular flexibility index (Phi) is 4.55. The third-order valence-corrected chi connectivity index (χ3v) is 2.66. The zero-order valence-corrected chi connectivity index (χ0v) is 11.0. The lowest BCUT2D eigenvalue weighted by Gasteiger charge is -2.22. The molecular formula is C13H20N2O3. The second-order valence-corrected chi connectivity index (χ2v) is 4.96. The van der Waals surface area contributed by atoms with Crippen molar-refractivity contribution in [3.05, 3.63) is 23.8 Å². The number of nitrogen functional groups attached to an aromatic ring is 1. The van der Waals surface area contributed by atoms with Crippen LogP contribution in [-0.2, 0) is 0 Å². The van der Waals surface area contributed by atoms with Gasteiger partial charge in [0.2, 0.25) is 0 Å². The predicted octanol–water partition coefficient (Wildman–Crippen LogP) is 1.03. The van der Waals surface area contributed by atoms with E-state index in [2.05, 4.69) is 5.32 Å². The summed E-state index contributed by atoms with van der Waals surface area (Å²) in [4.78, 5) is 11.9. The zero-order valence-electron chi connectivity index (χ0n) is 11.0. The molecule has 0 heterocycles. The summed E-state index contributed by atoms with van der Waals surface area (Å²) in [6.07, 6.45) is 0. The molecule has 0 aliphatic rings. The van der Waals surface area contributed by atoms with Crippen LogP contribution in [-0.4, -0.2) is 31.3 Å². The number of hydrogen-bond acceptors (Lipinski definition) is 4. The van der Waals surface area contributed by atoms with Gasteiger partial charge in [0.15, 0.2) is 0 Å². The molecule has 0 aliphatic carbocycles. The smallest absolute Gasteiger partial charge is 0.253 e. The normalized spacial score (nSPS) is 11.1. The van der Waals surface area contributed by atoms with Crippen LogP contribution in [0.3, 0.4) is 0 Å². The summed E-state index contributed by atoms with van der Waals surface area (Å²) in [7, 11) is 1.54. The first-order valence-corrected chi connectivity index (χ1v) is 5.72. The molecule has 1 amide bonds. The summed E-state index contributed by atoms with van der Waals surface area (Å²) < 4.78 is 5.02. The van der Waals surface area contributed by atoms with Crippen LogP contribution in [0.5, 0.6) is 5.75 Å². The lowest BCUT2D eigenvalue weighted by Crippen LogP contribution is -2.36. The van der Waals surface area contributed by atoms with Gasteiger partial charge in [-0.25, -0.2) is 0 Å². The van der Waals surface area contributed by atoms with E-state index in [4.69, 9.17) is 15.6 Å². The number of aliphatic hydroxyl groups is 1. The molecule has 0 unspecified atom stereocenters. The van der Waals surface area contributed by atoms with Gasteiger partial charge in [-0.2, -0.15) is 0 Å². The first-order chi connectivity index (χ1) is 8.39. The molecule has 0 bridgehead atoms. The fourth-order valence-electron chi connectivity index (χ4n) is 1.35. The molecule has 1 aromatic carbocycles. The largest absolute Gasteiger partial charge is 0.497 e. The van der Waals surface area contributed by atoms with Gasteiger partial charge < -0.3 is 20.9 Å². The van der Waals surface area contributed by atoms with E-state index in [9.17, 15) is 4.79 Å². The van der Waals surface area contributed by atoms with Gasteiger partial charge in [-0.05, 0) is 12.1 Å². The van der Waals surface area contributed by atoms with Crippen LogP contribution in [0.2, 0.25) is 0 Å². The summed E-state index contributed by atoms with van der Waals surface area (Å²) in [5, 5.41) is 11.9. The lowest BCUT2D eigenvalue weighted by molar-refractivity contribution is 0.0912. The minimum Gasteiger partial charge on any atom is -0.497 e. The van der Waals surface area contributed by atoms with Crippen LogP contribution in [0.1, 0.15) is 24.2 Å². The number of rotatable bonds is 5. The van der Waals surface area contributed by atoms with Crippen LogP contribution in [0, 0.1) is 5.41 Å². The first kappa shape index (κ1) is 14.3. The van der Waals surface area contributed by atoms with Gasteiger partial charge in [-0.1, -0.05) is 13.8 Å². The van der Waals surface area contributed by atoms with Gasteiger partial charge in [0, 0.05) is 30.3 Å². The molecule has 0 aromatic heterocycles. The van der Waals surface area contributed by atoms with Crippen molar-refractivity contribution in [2.75, 3.05) is 26.0 Å². The first-order valence-electron chi connectivity index (χ1n) is 5.72. The molecule has 0 spiro atoms. The van der Waals surface area contributed by atoms with Crippen molar-refractivity contribution in [1.82, 2.24) is 5.32 Å². The highest BCUT2D eigenvalue weighted by atomic mass is 16.5. The quantitative estimate of drug-likeness (QED) is 0.683. The standard InChI is InChI=1S/C13H20N2O3/c1-13(2,8-16)7-15-12(17)10-5-4-9(18-3)6-11(10)14/h4-6,16H,7-8,14H2,1-3H3,(H,15,17). The minimum absolute atomic E-state index is 0.00533. The summed E-state index contributed by atoms with van der Waals surface area (Å²) in [6.45, 7) is 4.12. The van der Waals surface area contributed by atoms with Gasteiger partial charge in [0.05, 0.1) is 12.7 Å². The Hall–Kier alpha value is -1.75. The molecule has 1 rings (SSSR count). The minimum atomic E-state index is -0.350. The van der Waals surface area contributed by atoms with E-state index in [0.29, 0.717) is 23.5 Å².